The van der Waals surface area contributed by atoms with Crippen molar-refractivity contribution < 1.29 is 4.39 Å². The number of aromatic nitrogens is 1. The number of fused-ring (bicyclic) bond motifs is 1. The average Bonchev–Trinajstić information content (AvgIpc) is 3.24. The normalized spacial score (nSPS) is 13.2. The summed E-state index contributed by atoms with van der Waals surface area (Å²) in [5.41, 5.74) is 8.04. The van der Waals surface area contributed by atoms with E-state index in [0.29, 0.717) is 11.0 Å². The van der Waals surface area contributed by atoms with Gasteiger partial charge in [-0.15, -0.1) is 0 Å². The Balaban J connectivity index is 0.000000317. The highest BCUT2D eigenvalue weighted by Gasteiger charge is 2.21. The maximum Gasteiger partial charge on any atom is 0.151 e. The highest BCUT2D eigenvalue weighted by atomic mass is 35.5. The van der Waals surface area contributed by atoms with Gasteiger partial charge in [-0.05, 0) is 76.3 Å². The molecule has 3 aromatic rings. The van der Waals surface area contributed by atoms with Gasteiger partial charge in [-0.1, -0.05) is 74.7 Å². The second-order valence-corrected chi connectivity index (χ2v) is 9.89. The van der Waals surface area contributed by atoms with Crippen molar-refractivity contribution in [3.8, 4) is 6.07 Å². The van der Waals surface area contributed by atoms with Crippen molar-refractivity contribution in [3.05, 3.63) is 93.0 Å². The van der Waals surface area contributed by atoms with Crippen LogP contribution in [-0.2, 0) is 6.42 Å². The molecular formula is C32H39ClFN3. The lowest BCUT2D eigenvalue weighted by Crippen LogP contribution is -2.01. The maximum atomic E-state index is 14.7. The molecule has 0 radical (unpaired) electrons. The van der Waals surface area contributed by atoms with E-state index >= 15 is 0 Å². The summed E-state index contributed by atoms with van der Waals surface area (Å²) in [4.78, 5) is 7.76. The van der Waals surface area contributed by atoms with Crippen LogP contribution in [0.25, 0.3) is 10.9 Å². The number of H-pyrrole nitrogens is 1. The van der Waals surface area contributed by atoms with Gasteiger partial charge in [0.2, 0.25) is 0 Å². The minimum atomic E-state index is -0.307. The van der Waals surface area contributed by atoms with Crippen molar-refractivity contribution in [3.63, 3.8) is 0 Å². The molecular weight excluding hydrogens is 481 g/mol. The summed E-state index contributed by atoms with van der Waals surface area (Å²) in [7, 11) is 0. The van der Waals surface area contributed by atoms with Crippen LogP contribution in [0.1, 0.15) is 89.1 Å². The molecule has 1 heterocycles. The summed E-state index contributed by atoms with van der Waals surface area (Å²) in [6.45, 7) is 14.1. The number of aliphatic imine (C=N–C) groups is 1. The lowest BCUT2D eigenvalue weighted by Gasteiger charge is -2.14. The Hall–Kier alpha value is -3.16. The highest BCUT2D eigenvalue weighted by molar-refractivity contribution is 6.31. The van der Waals surface area contributed by atoms with Crippen LogP contribution in [0.3, 0.4) is 0 Å². The van der Waals surface area contributed by atoms with Crippen LogP contribution in [0.4, 0.5) is 4.39 Å². The van der Waals surface area contributed by atoms with E-state index < -0.39 is 0 Å². The van der Waals surface area contributed by atoms with Gasteiger partial charge >= 0.3 is 0 Å². The van der Waals surface area contributed by atoms with Crippen LogP contribution in [0.15, 0.2) is 64.8 Å². The number of rotatable bonds is 8. The quantitative estimate of drug-likeness (QED) is 0.233. The minimum absolute atomic E-state index is 0.183. The van der Waals surface area contributed by atoms with Crippen molar-refractivity contribution in [1.82, 2.24) is 4.98 Å². The first-order valence-electron chi connectivity index (χ1n) is 13.0. The number of benzene rings is 2. The Bertz CT molecular complexity index is 1320. The zero-order valence-corrected chi connectivity index (χ0v) is 23.9. The zero-order chi connectivity index (χ0) is 27.5. The molecule has 2 aromatic carbocycles. The maximum absolute atomic E-state index is 14.7. The van der Waals surface area contributed by atoms with Gasteiger partial charge in [0.1, 0.15) is 0 Å². The van der Waals surface area contributed by atoms with Crippen molar-refractivity contribution in [2.24, 2.45) is 4.99 Å². The molecule has 3 nitrogen and oxygen atoms in total. The minimum Gasteiger partial charge on any atom is -0.358 e. The number of hydrogen-bond acceptors (Lipinski definition) is 2. The predicted molar refractivity (Wildman–Crippen MR) is 157 cm³/mol. The van der Waals surface area contributed by atoms with Gasteiger partial charge in [-0.25, -0.2) is 4.39 Å². The Morgan fingerprint density at radius 1 is 1.14 bits per heavy atom. The molecule has 1 N–H and O–H groups in total. The van der Waals surface area contributed by atoms with E-state index in [9.17, 15) is 4.39 Å². The van der Waals surface area contributed by atoms with E-state index in [1.54, 1.807) is 19.1 Å². The molecule has 0 aliphatic rings. The smallest absolute Gasteiger partial charge is 0.151 e. The topological polar surface area (TPSA) is 51.9 Å². The summed E-state index contributed by atoms with van der Waals surface area (Å²) in [5.74, 6) is -0.123. The van der Waals surface area contributed by atoms with Gasteiger partial charge in [-0.3, -0.25) is 4.99 Å². The standard InChI is InChI=1S/C21H23ClFN.C11H16N2/c1-4-5-6-16-19-18(12-11-17(22)20(19)23)24-21(16)14(3)15-9-7-13(2)8-10-15;1-5-6-10(3)13-11(4)7-9(2)8-12/h7-12,14,24H,4-6H2,1-3H3;6-7H,5H2,1-4H3/b;9-7+,10-6+,13-11+. The number of nitriles is 1. The molecule has 196 valence electrons. The van der Waals surface area contributed by atoms with Crippen LogP contribution in [-0.4, -0.2) is 10.7 Å². The van der Waals surface area contributed by atoms with Gasteiger partial charge < -0.3 is 4.98 Å². The van der Waals surface area contributed by atoms with Crippen LogP contribution >= 0.6 is 11.6 Å². The average molecular weight is 520 g/mol. The Morgan fingerprint density at radius 3 is 2.41 bits per heavy atom. The molecule has 1 atom stereocenters. The summed E-state index contributed by atoms with van der Waals surface area (Å²) >= 11 is 6.03. The molecule has 37 heavy (non-hydrogen) atoms. The van der Waals surface area contributed by atoms with Crippen molar-refractivity contribution in [2.45, 2.75) is 80.1 Å². The summed E-state index contributed by atoms with van der Waals surface area (Å²) in [6, 6.07) is 14.1. The number of allylic oxidation sites excluding steroid dienone is 4. The SMILES string of the molecule is CC/C=C(C)/N=C(C)/C=C(\C)C#N.CCCCc1c(C(C)c2ccc(C)cc2)[nH]c2ccc(Cl)c(F)c12. The number of nitrogens with zero attached hydrogens (tertiary/aromatic N) is 2. The van der Waals surface area contributed by atoms with Gasteiger partial charge in [0.15, 0.2) is 5.82 Å². The number of hydrogen-bond donors (Lipinski definition) is 1. The van der Waals surface area contributed by atoms with E-state index in [2.05, 4.69) is 74.1 Å². The molecule has 0 aliphatic heterocycles. The van der Waals surface area contributed by atoms with Crippen LogP contribution < -0.4 is 0 Å². The van der Waals surface area contributed by atoms with Crippen LogP contribution in [0, 0.1) is 24.1 Å². The molecule has 0 aliphatic carbocycles. The lowest BCUT2D eigenvalue weighted by atomic mass is 9.92. The fourth-order valence-electron chi connectivity index (χ4n) is 4.31. The number of halogens is 2. The molecule has 3 rings (SSSR count). The summed E-state index contributed by atoms with van der Waals surface area (Å²) in [5, 5.41) is 9.38. The monoisotopic (exact) mass is 519 g/mol. The molecule has 1 unspecified atom stereocenters. The molecule has 0 saturated carbocycles. The molecule has 0 bridgehead atoms. The first-order valence-corrected chi connectivity index (χ1v) is 13.4. The fourth-order valence-corrected chi connectivity index (χ4v) is 4.46. The highest BCUT2D eigenvalue weighted by Crippen LogP contribution is 2.36. The molecule has 0 fully saturated rings. The van der Waals surface area contributed by atoms with Gasteiger partial charge in [0, 0.05) is 39.5 Å². The number of unbranched alkanes of at least 4 members (excludes halogenated alkanes) is 1. The third kappa shape index (κ3) is 8.44. The zero-order valence-electron chi connectivity index (χ0n) is 23.2. The second-order valence-electron chi connectivity index (χ2n) is 9.48. The number of aryl methyl sites for hydroxylation is 2. The Morgan fingerprint density at radius 2 is 1.81 bits per heavy atom. The van der Waals surface area contributed by atoms with Gasteiger partial charge in [0.05, 0.1) is 11.1 Å². The number of aromatic amines is 1. The molecule has 0 amide bonds. The second kappa shape index (κ2) is 14.5. The largest absolute Gasteiger partial charge is 0.358 e. The molecule has 0 saturated heterocycles. The van der Waals surface area contributed by atoms with E-state index in [1.807, 2.05) is 19.9 Å². The first kappa shape index (κ1) is 30.1. The van der Waals surface area contributed by atoms with Crippen molar-refractivity contribution in [1.29, 1.82) is 5.26 Å². The molecule has 1 aromatic heterocycles. The Labute approximate surface area is 226 Å². The summed E-state index contributed by atoms with van der Waals surface area (Å²) in [6.07, 6.45) is 7.80. The predicted octanol–water partition coefficient (Wildman–Crippen LogP) is 9.99. The van der Waals surface area contributed by atoms with Crippen molar-refractivity contribution in [2.75, 3.05) is 0 Å². The Kier molecular flexibility index (Phi) is 11.8. The summed E-state index contributed by atoms with van der Waals surface area (Å²) < 4.78 is 14.7. The van der Waals surface area contributed by atoms with Crippen molar-refractivity contribution >= 4 is 28.2 Å². The molecule has 5 heteroatoms. The van der Waals surface area contributed by atoms with Crippen LogP contribution in [0.5, 0.6) is 0 Å². The third-order valence-corrected chi connectivity index (χ3v) is 6.53. The van der Waals surface area contributed by atoms with E-state index in [1.165, 1.54) is 11.1 Å². The van der Waals surface area contributed by atoms with Gasteiger partial charge in [0.25, 0.3) is 0 Å². The molecule has 0 spiro atoms. The van der Waals surface area contributed by atoms with E-state index in [0.717, 1.165) is 53.9 Å². The third-order valence-electron chi connectivity index (χ3n) is 6.24. The first-order chi connectivity index (χ1) is 17.6. The number of nitrogens with one attached hydrogen (secondary N) is 1. The fraction of sp³-hybridized carbons (Fsp3) is 0.375. The van der Waals surface area contributed by atoms with Gasteiger partial charge in [-0.2, -0.15) is 5.26 Å². The van der Waals surface area contributed by atoms with Crippen LogP contribution in [0.2, 0.25) is 5.02 Å². The lowest BCUT2D eigenvalue weighted by molar-refractivity contribution is 0.638. The van der Waals surface area contributed by atoms with E-state index in [4.69, 9.17) is 16.9 Å². The van der Waals surface area contributed by atoms with E-state index in [-0.39, 0.29) is 16.8 Å².